The second-order valence-corrected chi connectivity index (χ2v) is 4.94. The van der Waals surface area contributed by atoms with Crippen LogP contribution in [0.5, 0.6) is 5.88 Å². The Morgan fingerprint density at radius 2 is 2.33 bits per heavy atom. The Balaban J connectivity index is 2.23. The highest BCUT2D eigenvalue weighted by Crippen LogP contribution is 2.28. The number of hydrogen-bond donors (Lipinski definition) is 0. The third-order valence-corrected chi connectivity index (χ3v) is 3.67. The molecule has 7 heteroatoms. The molecule has 1 atom stereocenters. The molecule has 1 aliphatic rings. The number of methoxy groups -OCH3 is 2. The third kappa shape index (κ3) is 3.61. The van der Waals surface area contributed by atoms with Crippen molar-refractivity contribution >= 4 is 19.6 Å². The molecular formula is C14H18BN2O4. The number of rotatable bonds is 5. The van der Waals surface area contributed by atoms with Crippen LogP contribution < -0.4 is 4.74 Å². The number of aromatic nitrogens is 1. The van der Waals surface area contributed by atoms with Gasteiger partial charge in [-0.15, -0.1) is 0 Å². The molecule has 2 heterocycles. The highest BCUT2D eigenvalue weighted by atomic mass is 16.5. The predicted octanol–water partition coefficient (Wildman–Crippen LogP) is 0.866. The minimum atomic E-state index is -0.465. The maximum absolute atomic E-state index is 11.8. The van der Waals surface area contributed by atoms with Crippen LogP contribution in [-0.2, 0) is 9.53 Å². The molecule has 1 radical (unpaired) electrons. The van der Waals surface area contributed by atoms with Crippen LogP contribution in [0.2, 0.25) is 0 Å². The molecule has 6 nitrogen and oxygen atoms in total. The maximum atomic E-state index is 11.8. The van der Waals surface area contributed by atoms with Crippen molar-refractivity contribution in [2.24, 2.45) is 0 Å². The number of pyridine rings is 1. The number of hydrogen-bond acceptors (Lipinski definition) is 6. The van der Waals surface area contributed by atoms with Crippen LogP contribution in [-0.4, -0.2) is 56.7 Å². The van der Waals surface area contributed by atoms with Gasteiger partial charge in [-0.2, -0.15) is 0 Å². The molecule has 0 N–H and O–H groups in total. The average Bonchev–Trinajstić information content (AvgIpc) is 2.54. The first kappa shape index (κ1) is 15.5. The van der Waals surface area contributed by atoms with Crippen LogP contribution in [0.15, 0.2) is 12.3 Å². The second kappa shape index (κ2) is 7.22. The van der Waals surface area contributed by atoms with E-state index in [9.17, 15) is 9.59 Å². The van der Waals surface area contributed by atoms with Gasteiger partial charge in [0.25, 0.3) is 7.41 Å². The lowest BCUT2D eigenvalue weighted by Gasteiger charge is -2.31. The average molecular weight is 289 g/mol. The highest BCUT2D eigenvalue weighted by molar-refractivity contribution is 6.64. The molecule has 21 heavy (non-hydrogen) atoms. The summed E-state index contributed by atoms with van der Waals surface area (Å²) in [5, 5.41) is 0. The van der Waals surface area contributed by atoms with E-state index in [0.717, 1.165) is 37.7 Å². The van der Waals surface area contributed by atoms with Gasteiger partial charge in [0.15, 0.2) is 0 Å². The zero-order valence-electron chi connectivity index (χ0n) is 12.2. The Labute approximate surface area is 124 Å². The minimum absolute atomic E-state index is 0.233. The summed E-state index contributed by atoms with van der Waals surface area (Å²) in [6, 6.07) is 1.77. The first-order chi connectivity index (χ1) is 10.2. The number of esters is 1. The van der Waals surface area contributed by atoms with Crippen LogP contribution >= 0.6 is 0 Å². The summed E-state index contributed by atoms with van der Waals surface area (Å²) in [5.41, 5.74) is 1.29. The van der Waals surface area contributed by atoms with Crippen molar-refractivity contribution in [3.63, 3.8) is 0 Å². The van der Waals surface area contributed by atoms with E-state index >= 15 is 0 Å². The van der Waals surface area contributed by atoms with E-state index in [4.69, 9.17) is 9.47 Å². The molecule has 0 aromatic carbocycles. The molecule has 111 valence electrons. The smallest absolute Gasteiger partial charge is 0.343 e. The SMILES string of the molecule is COC(=O)c1cc(C2CCCN([B]C=O)C2)cnc1OC. The number of piperidine rings is 1. The molecule has 1 fully saturated rings. The van der Waals surface area contributed by atoms with Gasteiger partial charge in [0.1, 0.15) is 5.56 Å². The fourth-order valence-electron chi connectivity index (χ4n) is 2.61. The van der Waals surface area contributed by atoms with Gasteiger partial charge in [-0.3, -0.25) is 0 Å². The molecule has 0 saturated carbocycles. The van der Waals surface area contributed by atoms with Gasteiger partial charge < -0.3 is 19.1 Å². The summed E-state index contributed by atoms with van der Waals surface area (Å²) in [4.78, 5) is 28.6. The van der Waals surface area contributed by atoms with Crippen molar-refractivity contribution in [1.29, 1.82) is 0 Å². The lowest BCUT2D eigenvalue weighted by molar-refractivity contribution is 0.0596. The highest BCUT2D eigenvalue weighted by Gasteiger charge is 2.24. The van der Waals surface area contributed by atoms with E-state index in [2.05, 4.69) is 4.98 Å². The summed E-state index contributed by atoms with van der Waals surface area (Å²) in [5.74, 6) is 0.0304. The Bertz CT molecular complexity index is 524. The van der Waals surface area contributed by atoms with Gasteiger partial charge in [0.2, 0.25) is 5.88 Å². The fraction of sp³-hybridized carbons (Fsp3) is 0.500. The van der Waals surface area contributed by atoms with Gasteiger partial charge in [-0.1, -0.05) is 0 Å². The van der Waals surface area contributed by atoms with Gasteiger partial charge in [0.05, 0.1) is 20.4 Å². The Hall–Kier alpha value is -1.89. The van der Waals surface area contributed by atoms with Crippen LogP contribution in [0, 0.1) is 0 Å². The third-order valence-electron chi connectivity index (χ3n) is 3.67. The van der Waals surface area contributed by atoms with E-state index in [1.807, 2.05) is 4.81 Å². The Morgan fingerprint density at radius 3 is 3.00 bits per heavy atom. The molecule has 1 aromatic rings. The number of nitrogens with zero attached hydrogens (tertiary/aromatic N) is 2. The van der Waals surface area contributed by atoms with E-state index in [1.54, 1.807) is 19.7 Å². The van der Waals surface area contributed by atoms with Gasteiger partial charge in [-0.05, 0) is 43.5 Å². The topological polar surface area (TPSA) is 68.7 Å². The molecule has 0 amide bonds. The zero-order valence-corrected chi connectivity index (χ0v) is 12.2. The van der Waals surface area contributed by atoms with E-state index in [0.29, 0.717) is 5.56 Å². The van der Waals surface area contributed by atoms with Crippen LogP contribution in [0.25, 0.3) is 0 Å². The molecule has 0 aliphatic carbocycles. The summed E-state index contributed by atoms with van der Waals surface area (Å²) < 4.78 is 9.85. The van der Waals surface area contributed by atoms with Crippen molar-refractivity contribution in [3.8, 4) is 5.88 Å². The standard InChI is InChI=1S/C14H18BN2O4/c1-20-13-12(14(19)21-2)6-11(7-16-13)10-4-3-5-17(8-10)15-9-18/h6-7,9-10H,3-5,8H2,1-2H3. The zero-order chi connectivity index (χ0) is 15.2. The quantitative estimate of drug-likeness (QED) is 0.455. The van der Waals surface area contributed by atoms with Crippen LogP contribution in [0.4, 0.5) is 0 Å². The van der Waals surface area contributed by atoms with Crippen LogP contribution in [0.3, 0.4) is 0 Å². The Morgan fingerprint density at radius 1 is 1.52 bits per heavy atom. The molecule has 2 rings (SSSR count). The minimum Gasteiger partial charge on any atom is -0.480 e. The van der Waals surface area contributed by atoms with E-state index in [1.165, 1.54) is 14.2 Å². The second-order valence-electron chi connectivity index (χ2n) is 4.94. The fourth-order valence-corrected chi connectivity index (χ4v) is 2.61. The van der Waals surface area contributed by atoms with Gasteiger partial charge in [0, 0.05) is 6.20 Å². The summed E-state index contributed by atoms with van der Waals surface area (Å²) in [7, 11) is 4.36. The van der Waals surface area contributed by atoms with Gasteiger partial charge in [-0.25, -0.2) is 9.78 Å². The first-order valence-electron chi connectivity index (χ1n) is 6.84. The van der Waals surface area contributed by atoms with E-state index in [-0.39, 0.29) is 11.8 Å². The van der Waals surface area contributed by atoms with Crippen molar-refractivity contribution < 1.29 is 19.1 Å². The van der Waals surface area contributed by atoms with Crippen molar-refractivity contribution in [3.05, 3.63) is 23.4 Å². The number of ether oxygens (including phenoxy) is 2. The molecule has 1 aromatic heterocycles. The number of carbonyl (C=O) groups is 2. The maximum Gasteiger partial charge on any atom is 0.343 e. The lowest BCUT2D eigenvalue weighted by atomic mass is 9.84. The molecule has 0 bridgehead atoms. The summed E-state index contributed by atoms with van der Waals surface area (Å²) >= 11 is 0. The van der Waals surface area contributed by atoms with Gasteiger partial charge >= 0.3 is 5.97 Å². The van der Waals surface area contributed by atoms with E-state index < -0.39 is 5.97 Å². The Kier molecular flexibility index (Phi) is 5.33. The monoisotopic (exact) mass is 289 g/mol. The molecule has 0 spiro atoms. The normalized spacial score (nSPS) is 18.9. The van der Waals surface area contributed by atoms with Crippen molar-refractivity contribution in [2.45, 2.75) is 18.8 Å². The molecular weight excluding hydrogens is 271 g/mol. The summed E-state index contributed by atoms with van der Waals surface area (Å²) in [6.45, 7) is 1.62. The molecule has 1 aliphatic heterocycles. The molecule has 1 unspecified atom stereocenters. The predicted molar refractivity (Wildman–Crippen MR) is 78.2 cm³/mol. The van der Waals surface area contributed by atoms with Crippen LogP contribution in [0.1, 0.15) is 34.7 Å². The van der Waals surface area contributed by atoms with Crippen molar-refractivity contribution in [1.82, 2.24) is 9.79 Å². The molecule has 1 saturated heterocycles. The number of carbonyl (C=O) groups excluding carboxylic acids is 2. The largest absolute Gasteiger partial charge is 0.480 e. The lowest BCUT2D eigenvalue weighted by Crippen LogP contribution is -2.37. The first-order valence-corrected chi connectivity index (χ1v) is 6.84. The summed E-state index contributed by atoms with van der Waals surface area (Å²) in [6.07, 6.45) is 4.52. The van der Waals surface area contributed by atoms with Crippen molar-refractivity contribution in [2.75, 3.05) is 27.3 Å².